The molecule has 0 aliphatic heterocycles. The zero-order chi connectivity index (χ0) is 14.9. The first-order valence-electron chi connectivity index (χ1n) is 6.15. The van der Waals surface area contributed by atoms with Gasteiger partial charge in [-0.1, -0.05) is 18.2 Å². The number of hydrogen-bond acceptors (Lipinski definition) is 2. The van der Waals surface area contributed by atoms with Gasteiger partial charge in [-0.05, 0) is 49.2 Å². The summed E-state index contributed by atoms with van der Waals surface area (Å²) in [4.78, 5) is 0.158. The Morgan fingerprint density at radius 3 is 2.00 bits per heavy atom. The molecule has 0 saturated heterocycles. The highest BCUT2D eigenvalue weighted by Crippen LogP contribution is 2.27. The van der Waals surface area contributed by atoms with Crippen LogP contribution in [0, 0.1) is 19.7 Å². The Labute approximate surface area is 118 Å². The summed E-state index contributed by atoms with van der Waals surface area (Å²) in [6.45, 7) is 3.20. The molecule has 0 heterocycles. The lowest BCUT2D eigenvalue weighted by Gasteiger charge is -2.22. The van der Waals surface area contributed by atoms with E-state index in [4.69, 9.17) is 0 Å². The van der Waals surface area contributed by atoms with Gasteiger partial charge in [0.15, 0.2) is 0 Å². The highest BCUT2D eigenvalue weighted by molar-refractivity contribution is 7.92. The Morgan fingerprint density at radius 1 is 1.00 bits per heavy atom. The number of halogens is 1. The van der Waals surface area contributed by atoms with Crippen molar-refractivity contribution in [2.75, 3.05) is 11.4 Å². The summed E-state index contributed by atoms with van der Waals surface area (Å²) >= 11 is 0. The first kappa shape index (κ1) is 14.5. The lowest BCUT2D eigenvalue weighted by Crippen LogP contribution is -2.27. The zero-order valence-electron chi connectivity index (χ0n) is 11.6. The normalized spacial score (nSPS) is 11.4. The predicted octanol–water partition coefficient (Wildman–Crippen LogP) is 3.27. The molecule has 0 spiro atoms. The Balaban J connectivity index is 2.57. The molecule has 0 aliphatic rings. The van der Waals surface area contributed by atoms with Crippen LogP contribution in [0.25, 0.3) is 0 Å². The first-order chi connectivity index (χ1) is 9.34. The van der Waals surface area contributed by atoms with Gasteiger partial charge >= 0.3 is 0 Å². The Morgan fingerprint density at radius 2 is 1.50 bits per heavy atom. The highest BCUT2D eigenvalue weighted by atomic mass is 32.2. The van der Waals surface area contributed by atoms with Gasteiger partial charge in [0.2, 0.25) is 0 Å². The molecular formula is C15H16FNO2S. The van der Waals surface area contributed by atoms with Crippen molar-refractivity contribution in [3.63, 3.8) is 0 Å². The third-order valence-electron chi connectivity index (χ3n) is 3.16. The Bertz CT molecular complexity index is 704. The summed E-state index contributed by atoms with van der Waals surface area (Å²) in [5, 5.41) is 0. The monoisotopic (exact) mass is 293 g/mol. The van der Waals surface area contributed by atoms with Gasteiger partial charge in [-0.3, -0.25) is 4.31 Å². The number of benzene rings is 2. The molecule has 0 aromatic heterocycles. The van der Waals surface area contributed by atoms with E-state index < -0.39 is 15.8 Å². The molecule has 0 radical (unpaired) electrons. The molecule has 0 atom stereocenters. The fourth-order valence-corrected chi connectivity index (χ4v) is 3.82. The van der Waals surface area contributed by atoms with Crippen LogP contribution < -0.4 is 4.31 Å². The van der Waals surface area contributed by atoms with Crippen molar-refractivity contribution >= 4 is 15.7 Å². The number of nitrogens with zero attached hydrogens (tertiary/aromatic N) is 1. The van der Waals surface area contributed by atoms with Crippen LogP contribution in [0.1, 0.15) is 11.1 Å². The van der Waals surface area contributed by atoms with Crippen molar-refractivity contribution in [1.29, 1.82) is 0 Å². The van der Waals surface area contributed by atoms with Crippen molar-refractivity contribution in [3.05, 3.63) is 59.4 Å². The van der Waals surface area contributed by atoms with E-state index in [0.29, 0.717) is 16.8 Å². The maximum atomic E-state index is 13.3. The SMILES string of the molecule is Cc1cc(F)cc(C)c1S(=O)(=O)N(C)c1ccccc1. The van der Waals surface area contributed by atoms with E-state index >= 15 is 0 Å². The van der Waals surface area contributed by atoms with Gasteiger partial charge in [-0.2, -0.15) is 0 Å². The molecule has 106 valence electrons. The van der Waals surface area contributed by atoms with Crippen LogP contribution in [-0.2, 0) is 10.0 Å². The maximum Gasteiger partial charge on any atom is 0.264 e. The van der Waals surface area contributed by atoms with Gasteiger partial charge in [-0.25, -0.2) is 12.8 Å². The highest BCUT2D eigenvalue weighted by Gasteiger charge is 2.25. The average molecular weight is 293 g/mol. The van der Waals surface area contributed by atoms with E-state index in [1.165, 1.54) is 23.5 Å². The summed E-state index contributed by atoms with van der Waals surface area (Å²) in [6, 6.07) is 11.3. The van der Waals surface area contributed by atoms with Crippen LogP contribution in [0.4, 0.5) is 10.1 Å². The second-order valence-electron chi connectivity index (χ2n) is 4.68. The molecule has 2 aromatic rings. The largest absolute Gasteiger partial charge is 0.269 e. The van der Waals surface area contributed by atoms with Crippen molar-refractivity contribution < 1.29 is 12.8 Å². The Kier molecular flexibility index (Phi) is 3.81. The number of rotatable bonds is 3. The number of anilines is 1. The van der Waals surface area contributed by atoms with Crippen LogP contribution in [0.5, 0.6) is 0 Å². The lowest BCUT2D eigenvalue weighted by molar-refractivity contribution is 0.591. The maximum absolute atomic E-state index is 13.3. The minimum absolute atomic E-state index is 0.158. The summed E-state index contributed by atoms with van der Waals surface area (Å²) in [5.74, 6) is -0.429. The van der Waals surface area contributed by atoms with Crippen LogP contribution in [0.2, 0.25) is 0 Å². The molecule has 0 N–H and O–H groups in total. The van der Waals surface area contributed by atoms with Gasteiger partial charge in [0.25, 0.3) is 10.0 Å². The fourth-order valence-electron chi connectivity index (χ4n) is 2.22. The van der Waals surface area contributed by atoms with Crippen molar-refractivity contribution in [3.8, 4) is 0 Å². The first-order valence-corrected chi connectivity index (χ1v) is 7.59. The number of hydrogen-bond donors (Lipinski definition) is 0. The number of aryl methyl sites for hydroxylation is 2. The summed E-state index contributed by atoms with van der Waals surface area (Å²) < 4.78 is 39.9. The molecule has 0 saturated carbocycles. The molecule has 0 bridgehead atoms. The predicted molar refractivity (Wildman–Crippen MR) is 77.9 cm³/mol. The van der Waals surface area contributed by atoms with Gasteiger partial charge in [0, 0.05) is 7.05 Å². The van der Waals surface area contributed by atoms with E-state index in [-0.39, 0.29) is 4.90 Å². The fraction of sp³-hybridized carbons (Fsp3) is 0.200. The molecule has 3 nitrogen and oxygen atoms in total. The van der Waals surface area contributed by atoms with Crippen LogP contribution in [0.15, 0.2) is 47.4 Å². The van der Waals surface area contributed by atoms with Crippen molar-refractivity contribution in [2.24, 2.45) is 0 Å². The molecule has 0 amide bonds. The van der Waals surface area contributed by atoms with Gasteiger partial charge < -0.3 is 0 Å². The van der Waals surface area contributed by atoms with Crippen LogP contribution in [0.3, 0.4) is 0 Å². The van der Waals surface area contributed by atoms with E-state index in [2.05, 4.69) is 0 Å². The summed E-state index contributed by atoms with van der Waals surface area (Å²) in [7, 11) is -2.21. The third-order valence-corrected chi connectivity index (χ3v) is 5.26. The quantitative estimate of drug-likeness (QED) is 0.871. The lowest BCUT2D eigenvalue weighted by atomic mass is 10.1. The van der Waals surface area contributed by atoms with Gasteiger partial charge in [0.1, 0.15) is 5.82 Å². The van der Waals surface area contributed by atoms with Gasteiger partial charge in [0.05, 0.1) is 10.6 Å². The molecular weight excluding hydrogens is 277 g/mol. The van der Waals surface area contributed by atoms with E-state index in [1.54, 1.807) is 38.1 Å². The van der Waals surface area contributed by atoms with E-state index in [0.717, 1.165) is 0 Å². The third kappa shape index (κ3) is 2.54. The molecule has 5 heteroatoms. The minimum Gasteiger partial charge on any atom is -0.269 e. The van der Waals surface area contributed by atoms with E-state index in [1.807, 2.05) is 6.07 Å². The molecule has 2 aromatic carbocycles. The molecule has 2 rings (SSSR count). The Hall–Kier alpha value is -1.88. The zero-order valence-corrected chi connectivity index (χ0v) is 12.4. The topological polar surface area (TPSA) is 37.4 Å². The number of para-hydroxylation sites is 1. The molecule has 0 aliphatic carbocycles. The summed E-state index contributed by atoms with van der Waals surface area (Å²) in [5.41, 5.74) is 1.38. The molecule has 20 heavy (non-hydrogen) atoms. The van der Waals surface area contributed by atoms with Gasteiger partial charge in [-0.15, -0.1) is 0 Å². The van der Waals surface area contributed by atoms with Crippen molar-refractivity contribution in [1.82, 2.24) is 0 Å². The average Bonchev–Trinajstić information content (AvgIpc) is 2.37. The summed E-state index contributed by atoms with van der Waals surface area (Å²) in [6.07, 6.45) is 0. The second-order valence-corrected chi connectivity index (χ2v) is 6.58. The molecule has 0 unspecified atom stereocenters. The number of sulfonamides is 1. The van der Waals surface area contributed by atoms with Crippen LogP contribution in [-0.4, -0.2) is 15.5 Å². The van der Waals surface area contributed by atoms with Crippen LogP contribution >= 0.6 is 0 Å². The molecule has 0 fully saturated rings. The smallest absolute Gasteiger partial charge is 0.264 e. The van der Waals surface area contributed by atoms with Crippen molar-refractivity contribution in [2.45, 2.75) is 18.7 Å². The standard InChI is InChI=1S/C15H16FNO2S/c1-11-9-13(16)10-12(2)15(11)20(18,19)17(3)14-7-5-4-6-8-14/h4-10H,1-3H3. The second kappa shape index (κ2) is 5.25. The minimum atomic E-state index is -3.70. The van der Waals surface area contributed by atoms with E-state index in [9.17, 15) is 12.8 Å².